The minimum atomic E-state index is -1.31. The number of pyridine rings is 1. The number of aliphatic hydroxyl groups is 1. The first-order chi connectivity index (χ1) is 14.8. The van der Waals surface area contributed by atoms with E-state index in [0.29, 0.717) is 36.6 Å². The predicted octanol–water partition coefficient (Wildman–Crippen LogP) is 0.918. The Kier molecular flexibility index (Phi) is 7.14. The minimum absolute atomic E-state index is 0.0445. The number of nitrogens with two attached hydrogens (primary N) is 1. The molecule has 0 amide bonds. The molecule has 1 aromatic carbocycles. The summed E-state index contributed by atoms with van der Waals surface area (Å²) in [5.74, 6) is -1.59. The standard InChI is InChI=1S/C19H22FN3O4.C2H7NO/c1-10-8-22(6-5-21-10)16-14(20)7-12-15(18(16)27-2)23(11-3-4-11)9-13(17(12)24)19(25)26;3-1-2-4/h7,9-11,21H,3-6,8H2,1-2H3,(H,25,26);4H,1-3H2. The second-order valence-electron chi connectivity index (χ2n) is 7.77. The van der Waals surface area contributed by atoms with E-state index >= 15 is 4.39 Å². The number of fused-ring (bicyclic) bond motifs is 1. The van der Waals surface area contributed by atoms with Crippen LogP contribution in [0.25, 0.3) is 10.9 Å². The van der Waals surface area contributed by atoms with Gasteiger partial charge in [-0.25, -0.2) is 9.18 Å². The number of carbonyl (C=O) groups is 1. The molecule has 1 saturated carbocycles. The van der Waals surface area contributed by atoms with E-state index in [1.54, 1.807) is 4.57 Å². The lowest BCUT2D eigenvalue weighted by Gasteiger charge is -2.35. The summed E-state index contributed by atoms with van der Waals surface area (Å²) in [6.45, 7) is 4.44. The molecule has 170 valence electrons. The number of ether oxygens (including phenoxy) is 1. The van der Waals surface area contributed by atoms with Crippen LogP contribution < -0.4 is 26.1 Å². The summed E-state index contributed by atoms with van der Waals surface area (Å²) in [6, 6.07) is 1.45. The van der Waals surface area contributed by atoms with Crippen LogP contribution in [0.4, 0.5) is 10.1 Å². The largest absolute Gasteiger partial charge is 0.492 e. The fourth-order valence-electron chi connectivity index (χ4n) is 3.86. The number of piperazine rings is 1. The van der Waals surface area contributed by atoms with Crippen molar-refractivity contribution in [3.8, 4) is 5.75 Å². The Balaban J connectivity index is 0.000000628. The monoisotopic (exact) mass is 436 g/mol. The average molecular weight is 436 g/mol. The molecule has 4 rings (SSSR count). The molecule has 0 bridgehead atoms. The second kappa shape index (κ2) is 9.63. The number of aromatic carboxylic acids is 1. The lowest BCUT2D eigenvalue weighted by molar-refractivity contribution is 0.0694. The van der Waals surface area contributed by atoms with Crippen LogP contribution in [0.5, 0.6) is 5.75 Å². The van der Waals surface area contributed by atoms with Gasteiger partial charge in [0.25, 0.3) is 0 Å². The van der Waals surface area contributed by atoms with Gasteiger partial charge in [0, 0.05) is 44.5 Å². The number of aliphatic hydroxyl groups excluding tert-OH is 1. The van der Waals surface area contributed by atoms with Crippen molar-refractivity contribution in [2.45, 2.75) is 31.8 Å². The van der Waals surface area contributed by atoms with E-state index in [0.717, 1.165) is 25.5 Å². The van der Waals surface area contributed by atoms with Crippen LogP contribution in [0.1, 0.15) is 36.2 Å². The van der Waals surface area contributed by atoms with Gasteiger partial charge in [0.1, 0.15) is 11.3 Å². The van der Waals surface area contributed by atoms with Crippen LogP contribution >= 0.6 is 0 Å². The van der Waals surface area contributed by atoms with Gasteiger partial charge >= 0.3 is 5.97 Å². The highest BCUT2D eigenvalue weighted by Crippen LogP contribution is 2.43. The van der Waals surface area contributed by atoms with Crippen molar-refractivity contribution in [2.75, 3.05) is 44.8 Å². The smallest absolute Gasteiger partial charge is 0.341 e. The molecule has 5 N–H and O–H groups in total. The highest BCUT2D eigenvalue weighted by molar-refractivity contribution is 5.97. The Morgan fingerprint density at radius 1 is 1.42 bits per heavy atom. The summed E-state index contributed by atoms with van der Waals surface area (Å²) in [7, 11) is 1.45. The van der Waals surface area contributed by atoms with Gasteiger partial charge in [-0.2, -0.15) is 0 Å². The van der Waals surface area contributed by atoms with E-state index in [1.165, 1.54) is 13.3 Å². The van der Waals surface area contributed by atoms with Crippen molar-refractivity contribution < 1.29 is 24.1 Å². The molecule has 2 heterocycles. The molecule has 0 radical (unpaired) electrons. The molecule has 1 aromatic heterocycles. The maximum absolute atomic E-state index is 15.1. The summed E-state index contributed by atoms with van der Waals surface area (Å²) in [4.78, 5) is 26.1. The van der Waals surface area contributed by atoms with Crippen LogP contribution in [0, 0.1) is 5.82 Å². The van der Waals surface area contributed by atoms with Crippen LogP contribution in [0.3, 0.4) is 0 Å². The van der Waals surface area contributed by atoms with Gasteiger partial charge in [0.15, 0.2) is 11.6 Å². The average Bonchev–Trinajstić information content (AvgIpc) is 3.58. The van der Waals surface area contributed by atoms with Crippen molar-refractivity contribution in [1.29, 1.82) is 0 Å². The molecular formula is C21H29FN4O5. The van der Waals surface area contributed by atoms with E-state index in [2.05, 4.69) is 5.32 Å². The number of hydrogen-bond acceptors (Lipinski definition) is 7. The SMILES string of the molecule is COc1c(N2CCNC(C)C2)c(F)cc2c(=O)c(C(=O)O)cn(C3CC3)c12.NCCO. The zero-order valence-electron chi connectivity index (χ0n) is 17.7. The molecular weight excluding hydrogens is 407 g/mol. The van der Waals surface area contributed by atoms with Crippen LogP contribution in [0.2, 0.25) is 0 Å². The van der Waals surface area contributed by atoms with E-state index < -0.39 is 17.2 Å². The van der Waals surface area contributed by atoms with Crippen LogP contribution in [-0.4, -0.2) is 66.7 Å². The number of hydrogen-bond donors (Lipinski definition) is 4. The zero-order valence-corrected chi connectivity index (χ0v) is 17.7. The Morgan fingerprint density at radius 2 is 2.10 bits per heavy atom. The Bertz CT molecular complexity index is 1020. The number of methoxy groups -OCH3 is 1. The van der Waals surface area contributed by atoms with Crippen LogP contribution in [0.15, 0.2) is 17.1 Å². The summed E-state index contributed by atoms with van der Waals surface area (Å²) in [5.41, 5.74) is 4.54. The number of carboxylic acid groups (broad SMARTS) is 1. The molecule has 31 heavy (non-hydrogen) atoms. The Morgan fingerprint density at radius 3 is 2.61 bits per heavy atom. The summed E-state index contributed by atoms with van der Waals surface area (Å²) >= 11 is 0. The van der Waals surface area contributed by atoms with E-state index in [1.807, 2.05) is 11.8 Å². The molecule has 2 aliphatic rings. The normalized spacial score (nSPS) is 18.5. The molecule has 10 heteroatoms. The van der Waals surface area contributed by atoms with Gasteiger partial charge in [-0.05, 0) is 25.8 Å². The number of halogens is 1. The fraction of sp³-hybridized carbons (Fsp3) is 0.524. The number of carboxylic acids is 1. The quantitative estimate of drug-likeness (QED) is 0.544. The highest BCUT2D eigenvalue weighted by atomic mass is 19.1. The molecule has 1 aliphatic heterocycles. The van der Waals surface area contributed by atoms with Crippen molar-refractivity contribution in [1.82, 2.24) is 9.88 Å². The summed E-state index contributed by atoms with van der Waals surface area (Å²) in [5, 5.41) is 20.5. The molecule has 1 saturated heterocycles. The van der Waals surface area contributed by atoms with Gasteiger partial charge in [-0.3, -0.25) is 4.79 Å². The highest BCUT2D eigenvalue weighted by Gasteiger charge is 2.32. The van der Waals surface area contributed by atoms with Gasteiger partial charge in [0.05, 0.1) is 24.6 Å². The number of rotatable bonds is 5. The number of nitrogens with zero attached hydrogens (tertiary/aromatic N) is 2. The first-order valence-corrected chi connectivity index (χ1v) is 10.3. The molecule has 0 spiro atoms. The minimum Gasteiger partial charge on any atom is -0.492 e. The molecule has 9 nitrogen and oxygen atoms in total. The first-order valence-electron chi connectivity index (χ1n) is 10.3. The third-order valence-electron chi connectivity index (χ3n) is 5.39. The second-order valence-corrected chi connectivity index (χ2v) is 7.77. The maximum atomic E-state index is 15.1. The Labute approximate surface area is 179 Å². The lowest BCUT2D eigenvalue weighted by atomic mass is 10.1. The number of anilines is 1. The number of benzene rings is 1. The molecule has 2 aromatic rings. The van der Waals surface area contributed by atoms with Gasteiger partial charge in [-0.1, -0.05) is 0 Å². The number of aromatic nitrogens is 1. The van der Waals surface area contributed by atoms with Gasteiger partial charge in [-0.15, -0.1) is 0 Å². The molecule has 1 aliphatic carbocycles. The maximum Gasteiger partial charge on any atom is 0.341 e. The molecule has 1 unspecified atom stereocenters. The van der Waals surface area contributed by atoms with E-state index in [-0.39, 0.29) is 29.6 Å². The van der Waals surface area contributed by atoms with Gasteiger partial charge < -0.3 is 35.5 Å². The predicted molar refractivity (Wildman–Crippen MR) is 116 cm³/mol. The van der Waals surface area contributed by atoms with E-state index in [4.69, 9.17) is 15.6 Å². The third kappa shape index (κ3) is 4.65. The molecule has 2 fully saturated rings. The lowest BCUT2D eigenvalue weighted by Crippen LogP contribution is -2.49. The number of nitrogens with one attached hydrogen (secondary N) is 1. The third-order valence-corrected chi connectivity index (χ3v) is 5.39. The Hall–Kier alpha value is -2.69. The van der Waals surface area contributed by atoms with E-state index in [9.17, 15) is 14.7 Å². The van der Waals surface area contributed by atoms with Gasteiger partial charge in [0.2, 0.25) is 5.43 Å². The van der Waals surface area contributed by atoms with Crippen molar-refractivity contribution in [3.63, 3.8) is 0 Å². The fourth-order valence-corrected chi connectivity index (χ4v) is 3.86. The van der Waals surface area contributed by atoms with Crippen molar-refractivity contribution >= 4 is 22.6 Å². The van der Waals surface area contributed by atoms with Crippen LogP contribution in [-0.2, 0) is 0 Å². The topological polar surface area (TPSA) is 130 Å². The summed E-state index contributed by atoms with van der Waals surface area (Å²) in [6.07, 6.45) is 3.14. The van der Waals surface area contributed by atoms with Crippen molar-refractivity contribution in [2.24, 2.45) is 5.73 Å². The van der Waals surface area contributed by atoms with Crippen molar-refractivity contribution in [3.05, 3.63) is 33.9 Å². The first kappa shape index (κ1) is 23.0. The zero-order chi connectivity index (χ0) is 22.7. The molecule has 1 atom stereocenters. The summed E-state index contributed by atoms with van der Waals surface area (Å²) < 4.78 is 22.5.